The predicted octanol–water partition coefficient (Wildman–Crippen LogP) is 5.37. The molecule has 5 rings (SSSR count). The van der Waals surface area contributed by atoms with Gasteiger partial charge in [0.25, 0.3) is 0 Å². The largest absolute Gasteiger partial charge is 0.481 e. The van der Waals surface area contributed by atoms with Gasteiger partial charge in [0, 0.05) is 31.4 Å². The average Bonchev–Trinajstić information content (AvgIpc) is 3.59. The van der Waals surface area contributed by atoms with Crippen molar-refractivity contribution >= 4 is 5.97 Å². The van der Waals surface area contributed by atoms with Gasteiger partial charge in [0.05, 0.1) is 28.7 Å². The van der Waals surface area contributed by atoms with Crippen LogP contribution in [-0.2, 0) is 23.7 Å². The van der Waals surface area contributed by atoms with E-state index in [0.717, 1.165) is 57.7 Å². The zero-order valence-electron chi connectivity index (χ0n) is 19.7. The maximum absolute atomic E-state index is 11.6. The van der Waals surface area contributed by atoms with Gasteiger partial charge in [-0.3, -0.25) is 19.4 Å². The van der Waals surface area contributed by atoms with Crippen molar-refractivity contribution in [3.05, 3.63) is 89.8 Å². The Morgan fingerprint density at radius 3 is 2.18 bits per heavy atom. The van der Waals surface area contributed by atoms with Gasteiger partial charge in [-0.15, -0.1) is 0 Å². The minimum atomic E-state index is -0.723. The second-order valence-electron chi connectivity index (χ2n) is 9.44. The molecule has 2 aromatic heterocycles. The summed E-state index contributed by atoms with van der Waals surface area (Å²) in [4.78, 5) is 20.7. The standard InChI is InChI=1S/C28H28N4O2/c1-18(2)25-17-29-15-23(31-25)14-26-24(16-30-32(26)3)21-6-4-19(5-7-21)20-8-10-22(11-9-20)28(12-13-28)27(33)34/h4-11,15-18H,12-14H2,1-3H3,(H,33,34). The minimum Gasteiger partial charge on any atom is -0.481 e. The van der Waals surface area contributed by atoms with Crippen LogP contribution in [0.1, 0.15) is 55.3 Å². The van der Waals surface area contributed by atoms with E-state index in [2.05, 4.69) is 48.2 Å². The first-order valence-electron chi connectivity index (χ1n) is 11.6. The maximum Gasteiger partial charge on any atom is 0.314 e. The summed E-state index contributed by atoms with van der Waals surface area (Å²) < 4.78 is 1.90. The number of carboxylic acids is 1. The molecule has 1 N–H and O–H groups in total. The lowest BCUT2D eigenvalue weighted by Crippen LogP contribution is -2.19. The summed E-state index contributed by atoms with van der Waals surface area (Å²) in [6, 6.07) is 16.4. The van der Waals surface area contributed by atoms with Crippen LogP contribution in [0, 0.1) is 0 Å². The smallest absolute Gasteiger partial charge is 0.314 e. The molecular formula is C28H28N4O2. The third-order valence-electron chi connectivity index (χ3n) is 6.83. The number of aryl methyl sites for hydroxylation is 1. The fourth-order valence-electron chi connectivity index (χ4n) is 4.45. The van der Waals surface area contributed by atoms with Crippen LogP contribution >= 0.6 is 0 Å². The number of carbonyl (C=O) groups is 1. The third kappa shape index (κ3) is 4.00. The van der Waals surface area contributed by atoms with E-state index in [1.54, 1.807) is 0 Å². The highest BCUT2D eigenvalue weighted by molar-refractivity contribution is 5.85. The molecule has 0 spiro atoms. The second-order valence-corrected chi connectivity index (χ2v) is 9.44. The molecule has 1 saturated carbocycles. The molecule has 1 fully saturated rings. The summed E-state index contributed by atoms with van der Waals surface area (Å²) >= 11 is 0. The van der Waals surface area contributed by atoms with Gasteiger partial charge in [-0.05, 0) is 41.0 Å². The van der Waals surface area contributed by atoms with Gasteiger partial charge in [-0.2, -0.15) is 5.10 Å². The molecule has 34 heavy (non-hydrogen) atoms. The molecule has 2 aromatic carbocycles. The highest BCUT2D eigenvalue weighted by atomic mass is 16.4. The van der Waals surface area contributed by atoms with E-state index in [4.69, 9.17) is 4.98 Å². The quantitative estimate of drug-likeness (QED) is 0.407. The molecule has 6 nitrogen and oxygen atoms in total. The number of nitrogens with zero attached hydrogens (tertiary/aromatic N) is 4. The van der Waals surface area contributed by atoms with Gasteiger partial charge in [-0.1, -0.05) is 62.4 Å². The molecule has 0 amide bonds. The SMILES string of the molecule is CC(C)c1cncc(Cc2c(-c3ccc(-c4ccc(C5(C(=O)O)CC5)cc4)cc3)cnn2C)n1. The van der Waals surface area contributed by atoms with Crippen molar-refractivity contribution in [3.63, 3.8) is 0 Å². The zero-order valence-corrected chi connectivity index (χ0v) is 19.7. The fraction of sp³-hybridized carbons (Fsp3) is 0.286. The Labute approximate surface area is 199 Å². The molecule has 0 saturated heterocycles. The van der Waals surface area contributed by atoms with Crippen molar-refractivity contribution in [2.24, 2.45) is 7.05 Å². The Hall–Kier alpha value is -3.80. The van der Waals surface area contributed by atoms with Gasteiger partial charge in [0.1, 0.15) is 0 Å². The third-order valence-corrected chi connectivity index (χ3v) is 6.83. The molecule has 0 radical (unpaired) electrons. The van der Waals surface area contributed by atoms with Gasteiger partial charge >= 0.3 is 5.97 Å². The van der Waals surface area contributed by atoms with E-state index >= 15 is 0 Å². The van der Waals surface area contributed by atoms with E-state index < -0.39 is 11.4 Å². The van der Waals surface area contributed by atoms with Crippen LogP contribution < -0.4 is 0 Å². The van der Waals surface area contributed by atoms with Gasteiger partial charge < -0.3 is 5.11 Å². The molecule has 0 unspecified atom stereocenters. The Morgan fingerprint density at radius 1 is 0.971 bits per heavy atom. The molecule has 172 valence electrons. The first kappa shape index (κ1) is 22.0. The molecule has 6 heteroatoms. The summed E-state index contributed by atoms with van der Waals surface area (Å²) in [6.45, 7) is 4.24. The molecule has 1 aliphatic rings. The van der Waals surface area contributed by atoms with E-state index in [-0.39, 0.29) is 0 Å². The van der Waals surface area contributed by atoms with Crippen molar-refractivity contribution < 1.29 is 9.90 Å². The van der Waals surface area contributed by atoms with E-state index in [1.807, 2.05) is 54.6 Å². The molecule has 4 aromatic rings. The molecular weight excluding hydrogens is 424 g/mol. The van der Waals surface area contributed by atoms with Crippen LogP contribution in [0.5, 0.6) is 0 Å². The summed E-state index contributed by atoms with van der Waals surface area (Å²) in [5, 5.41) is 14.0. The van der Waals surface area contributed by atoms with Crippen LogP contribution in [0.3, 0.4) is 0 Å². The summed E-state index contributed by atoms with van der Waals surface area (Å²) in [5.41, 5.74) is 7.59. The van der Waals surface area contributed by atoms with Crippen LogP contribution in [0.15, 0.2) is 67.1 Å². The number of carboxylic acid groups (broad SMARTS) is 1. The fourth-order valence-corrected chi connectivity index (χ4v) is 4.45. The first-order valence-corrected chi connectivity index (χ1v) is 11.6. The van der Waals surface area contributed by atoms with Crippen LogP contribution in [0.2, 0.25) is 0 Å². The predicted molar refractivity (Wildman–Crippen MR) is 132 cm³/mol. The number of aliphatic carboxylic acids is 1. The van der Waals surface area contributed by atoms with Crippen LogP contribution in [0.4, 0.5) is 0 Å². The zero-order chi connectivity index (χ0) is 23.9. The Kier molecular flexibility index (Phi) is 5.52. The summed E-state index contributed by atoms with van der Waals surface area (Å²) in [5.74, 6) is -0.391. The van der Waals surface area contributed by atoms with Crippen molar-refractivity contribution in [1.29, 1.82) is 0 Å². The molecule has 0 bridgehead atoms. The Bertz CT molecular complexity index is 1330. The number of benzene rings is 2. The minimum absolute atomic E-state index is 0.332. The lowest BCUT2D eigenvalue weighted by molar-refractivity contribution is -0.140. The van der Waals surface area contributed by atoms with E-state index in [9.17, 15) is 9.90 Å². The van der Waals surface area contributed by atoms with Crippen molar-refractivity contribution in [2.45, 2.75) is 44.4 Å². The van der Waals surface area contributed by atoms with Crippen LogP contribution in [-0.4, -0.2) is 30.8 Å². The number of rotatable bonds is 7. The normalized spacial score (nSPS) is 14.4. The highest BCUT2D eigenvalue weighted by Gasteiger charge is 2.51. The average molecular weight is 453 g/mol. The molecule has 0 aliphatic heterocycles. The van der Waals surface area contributed by atoms with Crippen molar-refractivity contribution in [3.8, 4) is 22.3 Å². The number of hydrogen-bond acceptors (Lipinski definition) is 4. The lowest BCUT2D eigenvalue weighted by Gasteiger charge is -2.11. The molecule has 1 aliphatic carbocycles. The summed E-state index contributed by atoms with van der Waals surface area (Å²) in [6.07, 6.45) is 7.66. The Morgan fingerprint density at radius 2 is 1.59 bits per heavy atom. The highest BCUT2D eigenvalue weighted by Crippen LogP contribution is 2.48. The second kappa shape index (κ2) is 8.52. The number of hydrogen-bond donors (Lipinski definition) is 1. The topological polar surface area (TPSA) is 80.9 Å². The van der Waals surface area contributed by atoms with Crippen LogP contribution in [0.25, 0.3) is 22.3 Å². The lowest BCUT2D eigenvalue weighted by atomic mass is 9.93. The van der Waals surface area contributed by atoms with Gasteiger partial charge in [0.15, 0.2) is 0 Å². The molecule has 2 heterocycles. The van der Waals surface area contributed by atoms with E-state index in [0.29, 0.717) is 12.3 Å². The van der Waals surface area contributed by atoms with Gasteiger partial charge in [0.2, 0.25) is 0 Å². The number of aromatic nitrogens is 4. The summed E-state index contributed by atoms with van der Waals surface area (Å²) in [7, 11) is 1.96. The van der Waals surface area contributed by atoms with Crippen molar-refractivity contribution in [1.82, 2.24) is 19.7 Å². The molecule has 0 atom stereocenters. The van der Waals surface area contributed by atoms with Gasteiger partial charge in [-0.25, -0.2) is 0 Å². The first-order chi connectivity index (χ1) is 16.4. The Balaban J connectivity index is 1.38. The monoisotopic (exact) mass is 452 g/mol. The van der Waals surface area contributed by atoms with Crippen molar-refractivity contribution in [2.75, 3.05) is 0 Å². The maximum atomic E-state index is 11.6. The van der Waals surface area contributed by atoms with E-state index in [1.165, 1.54) is 0 Å².